The van der Waals surface area contributed by atoms with Crippen molar-refractivity contribution in [1.82, 2.24) is 4.90 Å². The third kappa shape index (κ3) is 4.11. The first-order valence-corrected chi connectivity index (χ1v) is 7.04. The molecule has 1 aromatic carbocycles. The standard InChI is InChI=1S/C15H23NO3/c1-2-18-14-5-7-15(8-6-14)19-11-10-16-9-3-4-13(16)12-17/h5-8,13,17H,2-4,9-12H2,1H3/t13-/m0/s1. The maximum absolute atomic E-state index is 9.24. The molecular formula is C15H23NO3. The molecule has 2 rings (SSSR count). The lowest BCUT2D eigenvalue weighted by atomic mass is 10.2. The van der Waals surface area contributed by atoms with Crippen LogP contribution < -0.4 is 9.47 Å². The smallest absolute Gasteiger partial charge is 0.119 e. The van der Waals surface area contributed by atoms with E-state index in [4.69, 9.17) is 9.47 Å². The van der Waals surface area contributed by atoms with Crippen LogP contribution in [0.3, 0.4) is 0 Å². The van der Waals surface area contributed by atoms with E-state index in [-0.39, 0.29) is 6.61 Å². The van der Waals surface area contributed by atoms with Crippen LogP contribution in [-0.4, -0.2) is 49.0 Å². The number of benzene rings is 1. The Balaban J connectivity index is 1.73. The first-order chi connectivity index (χ1) is 9.33. The summed E-state index contributed by atoms with van der Waals surface area (Å²) in [6.45, 7) is 5.50. The van der Waals surface area contributed by atoms with Gasteiger partial charge in [0.15, 0.2) is 0 Å². The first-order valence-electron chi connectivity index (χ1n) is 7.04. The highest BCUT2D eigenvalue weighted by Crippen LogP contribution is 2.19. The van der Waals surface area contributed by atoms with Gasteiger partial charge in [-0.15, -0.1) is 0 Å². The van der Waals surface area contributed by atoms with Gasteiger partial charge in [0.1, 0.15) is 18.1 Å². The van der Waals surface area contributed by atoms with E-state index in [1.807, 2.05) is 31.2 Å². The highest BCUT2D eigenvalue weighted by molar-refractivity contribution is 5.31. The monoisotopic (exact) mass is 265 g/mol. The van der Waals surface area contributed by atoms with Crippen molar-refractivity contribution in [1.29, 1.82) is 0 Å². The summed E-state index contributed by atoms with van der Waals surface area (Å²) in [5.41, 5.74) is 0. The summed E-state index contributed by atoms with van der Waals surface area (Å²) < 4.78 is 11.1. The molecule has 1 aliphatic heterocycles. The van der Waals surface area contributed by atoms with E-state index in [1.165, 1.54) is 6.42 Å². The molecule has 0 saturated carbocycles. The second-order valence-corrected chi connectivity index (χ2v) is 4.77. The van der Waals surface area contributed by atoms with Crippen molar-refractivity contribution in [2.45, 2.75) is 25.8 Å². The van der Waals surface area contributed by atoms with Crippen LogP contribution in [0.15, 0.2) is 24.3 Å². The molecular weight excluding hydrogens is 242 g/mol. The molecule has 106 valence electrons. The van der Waals surface area contributed by atoms with E-state index >= 15 is 0 Å². The number of likely N-dealkylation sites (tertiary alicyclic amines) is 1. The Bertz CT molecular complexity index is 366. The zero-order chi connectivity index (χ0) is 13.5. The normalized spacial score (nSPS) is 19.6. The summed E-state index contributed by atoms with van der Waals surface area (Å²) in [6, 6.07) is 8.02. The SMILES string of the molecule is CCOc1ccc(OCCN2CCC[C@H]2CO)cc1. The predicted molar refractivity (Wildman–Crippen MR) is 74.8 cm³/mol. The highest BCUT2D eigenvalue weighted by atomic mass is 16.5. The summed E-state index contributed by atoms with van der Waals surface area (Å²) in [6.07, 6.45) is 2.27. The maximum Gasteiger partial charge on any atom is 0.119 e. The Labute approximate surface area is 114 Å². The first kappa shape index (κ1) is 14.2. The van der Waals surface area contributed by atoms with Crippen LogP contribution in [0.5, 0.6) is 11.5 Å². The molecule has 1 saturated heterocycles. The average Bonchev–Trinajstić information content (AvgIpc) is 2.88. The molecule has 4 heteroatoms. The molecule has 1 atom stereocenters. The fraction of sp³-hybridized carbons (Fsp3) is 0.600. The van der Waals surface area contributed by atoms with Crippen LogP contribution in [-0.2, 0) is 0 Å². The van der Waals surface area contributed by atoms with Crippen molar-refractivity contribution >= 4 is 0 Å². The zero-order valence-electron chi connectivity index (χ0n) is 11.5. The van der Waals surface area contributed by atoms with Gasteiger partial charge in [0.2, 0.25) is 0 Å². The number of hydrogen-bond acceptors (Lipinski definition) is 4. The number of rotatable bonds is 7. The van der Waals surface area contributed by atoms with Crippen molar-refractivity contribution in [2.24, 2.45) is 0 Å². The number of aliphatic hydroxyl groups is 1. The van der Waals surface area contributed by atoms with E-state index in [1.54, 1.807) is 0 Å². The van der Waals surface area contributed by atoms with E-state index < -0.39 is 0 Å². The third-order valence-corrected chi connectivity index (χ3v) is 3.49. The molecule has 0 aliphatic carbocycles. The quantitative estimate of drug-likeness (QED) is 0.818. The van der Waals surface area contributed by atoms with Crippen molar-refractivity contribution < 1.29 is 14.6 Å². The van der Waals surface area contributed by atoms with Crippen LogP contribution in [0.25, 0.3) is 0 Å². The second-order valence-electron chi connectivity index (χ2n) is 4.77. The summed E-state index contributed by atoms with van der Waals surface area (Å²) in [4.78, 5) is 2.30. The molecule has 4 nitrogen and oxygen atoms in total. The number of hydrogen-bond donors (Lipinski definition) is 1. The molecule has 0 unspecified atom stereocenters. The fourth-order valence-electron chi connectivity index (χ4n) is 2.48. The van der Waals surface area contributed by atoms with Crippen molar-refractivity contribution in [2.75, 3.05) is 32.9 Å². The lowest BCUT2D eigenvalue weighted by Crippen LogP contribution is -2.35. The van der Waals surface area contributed by atoms with Gasteiger partial charge in [-0.3, -0.25) is 4.90 Å². The fourth-order valence-corrected chi connectivity index (χ4v) is 2.48. The molecule has 0 amide bonds. The van der Waals surface area contributed by atoms with Crippen LogP contribution in [0.2, 0.25) is 0 Å². The van der Waals surface area contributed by atoms with Crippen LogP contribution in [0, 0.1) is 0 Å². The highest BCUT2D eigenvalue weighted by Gasteiger charge is 2.22. The third-order valence-electron chi connectivity index (χ3n) is 3.49. The van der Waals surface area contributed by atoms with Gasteiger partial charge >= 0.3 is 0 Å². The maximum atomic E-state index is 9.24. The van der Waals surface area contributed by atoms with Crippen LogP contribution in [0.4, 0.5) is 0 Å². The molecule has 1 aliphatic rings. The Morgan fingerprint density at radius 2 is 1.89 bits per heavy atom. The Morgan fingerprint density at radius 1 is 1.21 bits per heavy atom. The van der Waals surface area contributed by atoms with E-state index in [2.05, 4.69) is 4.90 Å². The minimum Gasteiger partial charge on any atom is -0.494 e. The van der Waals surface area contributed by atoms with E-state index in [0.29, 0.717) is 19.3 Å². The molecule has 1 heterocycles. The van der Waals surface area contributed by atoms with Crippen molar-refractivity contribution in [3.63, 3.8) is 0 Å². The van der Waals surface area contributed by atoms with Gasteiger partial charge in [-0.25, -0.2) is 0 Å². The van der Waals surface area contributed by atoms with Gasteiger partial charge in [-0.05, 0) is 50.6 Å². The summed E-state index contributed by atoms with van der Waals surface area (Å²) >= 11 is 0. The molecule has 0 bridgehead atoms. The molecule has 0 radical (unpaired) electrons. The molecule has 19 heavy (non-hydrogen) atoms. The van der Waals surface area contributed by atoms with Gasteiger partial charge < -0.3 is 14.6 Å². The molecule has 0 spiro atoms. The zero-order valence-corrected chi connectivity index (χ0v) is 11.5. The lowest BCUT2D eigenvalue weighted by Gasteiger charge is -2.22. The molecule has 1 N–H and O–H groups in total. The van der Waals surface area contributed by atoms with Gasteiger partial charge in [0, 0.05) is 12.6 Å². The van der Waals surface area contributed by atoms with Gasteiger partial charge in [0.25, 0.3) is 0 Å². The van der Waals surface area contributed by atoms with Crippen LogP contribution >= 0.6 is 0 Å². The Kier molecular flexibility index (Phi) is 5.48. The van der Waals surface area contributed by atoms with E-state index in [9.17, 15) is 5.11 Å². The van der Waals surface area contributed by atoms with Gasteiger partial charge in [0.05, 0.1) is 13.2 Å². The summed E-state index contributed by atoms with van der Waals surface area (Å²) in [5, 5.41) is 9.24. The number of ether oxygens (including phenoxy) is 2. The Hall–Kier alpha value is -1.26. The summed E-state index contributed by atoms with van der Waals surface area (Å²) in [7, 11) is 0. The van der Waals surface area contributed by atoms with Crippen LogP contribution in [0.1, 0.15) is 19.8 Å². The minimum absolute atomic E-state index is 0.253. The summed E-state index contributed by atoms with van der Waals surface area (Å²) in [5.74, 6) is 1.73. The average molecular weight is 265 g/mol. The Morgan fingerprint density at radius 3 is 2.53 bits per heavy atom. The predicted octanol–water partition coefficient (Wildman–Crippen LogP) is 1.92. The largest absolute Gasteiger partial charge is 0.494 e. The lowest BCUT2D eigenvalue weighted by molar-refractivity contribution is 0.139. The van der Waals surface area contributed by atoms with Crippen molar-refractivity contribution in [3.8, 4) is 11.5 Å². The number of nitrogens with zero attached hydrogens (tertiary/aromatic N) is 1. The van der Waals surface area contributed by atoms with Gasteiger partial charge in [-0.1, -0.05) is 0 Å². The van der Waals surface area contributed by atoms with Crippen molar-refractivity contribution in [3.05, 3.63) is 24.3 Å². The topological polar surface area (TPSA) is 41.9 Å². The minimum atomic E-state index is 0.253. The van der Waals surface area contributed by atoms with E-state index in [0.717, 1.165) is 31.0 Å². The molecule has 0 aromatic heterocycles. The molecule has 1 aromatic rings. The number of aliphatic hydroxyl groups excluding tert-OH is 1. The molecule has 1 fully saturated rings. The van der Waals surface area contributed by atoms with Gasteiger partial charge in [-0.2, -0.15) is 0 Å². The second kappa shape index (κ2) is 7.36.